The molecule has 0 aliphatic heterocycles. The van der Waals surface area contributed by atoms with E-state index in [9.17, 15) is 4.79 Å². The van der Waals surface area contributed by atoms with Gasteiger partial charge in [-0.2, -0.15) is 0 Å². The minimum absolute atomic E-state index is 0.0585. The van der Waals surface area contributed by atoms with Gasteiger partial charge in [0.25, 0.3) is 0 Å². The van der Waals surface area contributed by atoms with Gasteiger partial charge in [-0.25, -0.2) is 0 Å². The monoisotopic (exact) mass is 280 g/mol. The molecule has 0 aliphatic rings. The Morgan fingerprint density at radius 2 is 2.05 bits per heavy atom. The van der Waals surface area contributed by atoms with Crippen molar-refractivity contribution in [2.45, 2.75) is 49.9 Å². The Hall–Kier alpha value is -1.00. The first kappa shape index (κ1) is 16.1. The zero-order valence-corrected chi connectivity index (χ0v) is 13.2. The molecule has 0 aromatic heterocycles. The number of rotatable bonds is 5. The Labute approximate surface area is 120 Å². The van der Waals surface area contributed by atoms with Crippen LogP contribution in [0.4, 0.5) is 0 Å². The van der Waals surface area contributed by atoms with Crippen LogP contribution in [0.3, 0.4) is 0 Å². The van der Waals surface area contributed by atoms with Crippen LogP contribution in [0.2, 0.25) is 0 Å². The Morgan fingerprint density at radius 1 is 1.37 bits per heavy atom. The SMILES string of the molecule is CNC(=O)C(C)Sc1cccc(CNC(C)(C)C)c1. The van der Waals surface area contributed by atoms with Crippen LogP contribution in [0, 0.1) is 0 Å². The van der Waals surface area contributed by atoms with E-state index in [1.807, 2.05) is 19.1 Å². The normalized spacial score (nSPS) is 13.1. The summed E-state index contributed by atoms with van der Waals surface area (Å²) in [6, 6.07) is 8.33. The zero-order chi connectivity index (χ0) is 14.5. The van der Waals surface area contributed by atoms with Crippen molar-refractivity contribution < 1.29 is 4.79 Å². The molecule has 0 aliphatic carbocycles. The molecule has 3 nitrogen and oxygen atoms in total. The largest absolute Gasteiger partial charge is 0.358 e. The third kappa shape index (κ3) is 6.12. The molecule has 0 fully saturated rings. The molecule has 1 aromatic carbocycles. The lowest BCUT2D eigenvalue weighted by atomic mass is 10.1. The Bertz CT molecular complexity index is 426. The number of hydrogen-bond acceptors (Lipinski definition) is 3. The third-order valence-electron chi connectivity index (χ3n) is 2.65. The van der Waals surface area contributed by atoms with Crippen molar-refractivity contribution in [1.29, 1.82) is 0 Å². The first-order chi connectivity index (χ1) is 8.81. The van der Waals surface area contributed by atoms with Crippen molar-refractivity contribution in [1.82, 2.24) is 10.6 Å². The lowest BCUT2D eigenvalue weighted by Crippen LogP contribution is -2.35. The molecular weight excluding hydrogens is 256 g/mol. The van der Waals surface area contributed by atoms with Gasteiger partial charge in [0, 0.05) is 24.0 Å². The van der Waals surface area contributed by atoms with Crippen molar-refractivity contribution in [2.75, 3.05) is 7.05 Å². The molecule has 19 heavy (non-hydrogen) atoms. The molecule has 1 aromatic rings. The summed E-state index contributed by atoms with van der Waals surface area (Å²) in [5, 5.41) is 6.06. The standard InChI is InChI=1S/C15H24N2OS/c1-11(14(18)16-5)19-13-8-6-7-12(9-13)10-17-15(2,3)4/h6-9,11,17H,10H2,1-5H3,(H,16,18). The molecule has 2 N–H and O–H groups in total. The molecule has 1 unspecified atom stereocenters. The highest BCUT2D eigenvalue weighted by molar-refractivity contribution is 8.00. The third-order valence-corrected chi connectivity index (χ3v) is 3.74. The van der Waals surface area contributed by atoms with Crippen LogP contribution in [0.15, 0.2) is 29.2 Å². The van der Waals surface area contributed by atoms with Gasteiger partial charge in [-0.1, -0.05) is 12.1 Å². The molecule has 0 saturated carbocycles. The van der Waals surface area contributed by atoms with E-state index in [2.05, 4.69) is 43.5 Å². The molecule has 106 valence electrons. The van der Waals surface area contributed by atoms with E-state index >= 15 is 0 Å². The summed E-state index contributed by atoms with van der Waals surface area (Å²) in [4.78, 5) is 12.6. The van der Waals surface area contributed by atoms with Gasteiger partial charge in [0.2, 0.25) is 5.91 Å². The molecule has 0 spiro atoms. The smallest absolute Gasteiger partial charge is 0.232 e. The van der Waals surface area contributed by atoms with E-state index in [0.29, 0.717) is 0 Å². The lowest BCUT2D eigenvalue weighted by Gasteiger charge is -2.20. The van der Waals surface area contributed by atoms with Crippen LogP contribution in [-0.4, -0.2) is 23.7 Å². The minimum Gasteiger partial charge on any atom is -0.358 e. The predicted octanol–water partition coefficient (Wildman–Crippen LogP) is 2.80. The van der Waals surface area contributed by atoms with E-state index < -0.39 is 0 Å². The van der Waals surface area contributed by atoms with E-state index in [-0.39, 0.29) is 16.7 Å². The van der Waals surface area contributed by atoms with Gasteiger partial charge in [0.05, 0.1) is 5.25 Å². The van der Waals surface area contributed by atoms with Gasteiger partial charge in [0.15, 0.2) is 0 Å². The number of nitrogens with one attached hydrogen (secondary N) is 2. The van der Waals surface area contributed by atoms with Gasteiger partial charge in [-0.15, -0.1) is 11.8 Å². The summed E-state index contributed by atoms with van der Waals surface area (Å²) < 4.78 is 0. The van der Waals surface area contributed by atoms with E-state index in [4.69, 9.17) is 0 Å². The minimum atomic E-state index is -0.0733. The van der Waals surface area contributed by atoms with Crippen LogP contribution in [-0.2, 0) is 11.3 Å². The van der Waals surface area contributed by atoms with Crippen molar-refractivity contribution >= 4 is 17.7 Å². The lowest BCUT2D eigenvalue weighted by molar-refractivity contribution is -0.119. The highest BCUT2D eigenvalue weighted by atomic mass is 32.2. The number of carbonyl (C=O) groups is 1. The van der Waals surface area contributed by atoms with Crippen LogP contribution in [0.25, 0.3) is 0 Å². The van der Waals surface area contributed by atoms with Gasteiger partial charge in [0.1, 0.15) is 0 Å². The molecule has 0 radical (unpaired) electrons. The first-order valence-electron chi connectivity index (χ1n) is 6.54. The second-order valence-electron chi connectivity index (χ2n) is 5.63. The molecule has 1 atom stereocenters. The second kappa shape index (κ2) is 6.96. The maximum Gasteiger partial charge on any atom is 0.232 e. The summed E-state index contributed by atoms with van der Waals surface area (Å²) in [6.45, 7) is 9.22. The quantitative estimate of drug-likeness (QED) is 0.815. The summed E-state index contributed by atoms with van der Waals surface area (Å²) in [6.07, 6.45) is 0. The van der Waals surface area contributed by atoms with Crippen molar-refractivity contribution in [3.8, 4) is 0 Å². The molecule has 0 bridgehead atoms. The molecule has 0 saturated heterocycles. The van der Waals surface area contributed by atoms with Crippen molar-refractivity contribution in [3.05, 3.63) is 29.8 Å². The zero-order valence-electron chi connectivity index (χ0n) is 12.4. The second-order valence-corrected chi connectivity index (χ2v) is 7.04. The average molecular weight is 280 g/mol. The fourth-order valence-corrected chi connectivity index (χ4v) is 2.57. The van der Waals surface area contributed by atoms with Gasteiger partial charge >= 0.3 is 0 Å². The van der Waals surface area contributed by atoms with E-state index in [1.165, 1.54) is 5.56 Å². The van der Waals surface area contributed by atoms with Crippen LogP contribution in [0.1, 0.15) is 33.3 Å². The number of hydrogen-bond donors (Lipinski definition) is 2. The van der Waals surface area contributed by atoms with Crippen LogP contribution in [0.5, 0.6) is 0 Å². The maximum atomic E-state index is 11.5. The average Bonchev–Trinajstić information content (AvgIpc) is 2.35. The van der Waals surface area contributed by atoms with Gasteiger partial charge in [-0.3, -0.25) is 4.79 Å². The van der Waals surface area contributed by atoms with E-state index in [0.717, 1.165) is 11.4 Å². The Kier molecular flexibility index (Phi) is 5.88. The highest BCUT2D eigenvalue weighted by Gasteiger charge is 2.13. The van der Waals surface area contributed by atoms with Crippen LogP contribution < -0.4 is 10.6 Å². The van der Waals surface area contributed by atoms with E-state index in [1.54, 1.807) is 18.8 Å². The summed E-state index contributed by atoms with van der Waals surface area (Å²) in [7, 11) is 1.67. The Balaban J connectivity index is 2.64. The topological polar surface area (TPSA) is 41.1 Å². The van der Waals surface area contributed by atoms with Gasteiger partial charge < -0.3 is 10.6 Å². The number of amides is 1. The fourth-order valence-electron chi connectivity index (χ4n) is 1.56. The summed E-state index contributed by atoms with van der Waals surface area (Å²) in [5.41, 5.74) is 1.35. The predicted molar refractivity (Wildman–Crippen MR) is 82.4 cm³/mol. The molecule has 1 rings (SSSR count). The van der Waals surface area contributed by atoms with Crippen molar-refractivity contribution in [2.24, 2.45) is 0 Å². The summed E-state index contributed by atoms with van der Waals surface area (Å²) in [5.74, 6) is 0.0585. The number of benzene rings is 1. The molecular formula is C15H24N2OS. The molecule has 1 amide bonds. The molecule has 4 heteroatoms. The van der Waals surface area contributed by atoms with Crippen LogP contribution >= 0.6 is 11.8 Å². The fraction of sp³-hybridized carbons (Fsp3) is 0.533. The number of carbonyl (C=O) groups excluding carboxylic acids is 1. The van der Waals surface area contributed by atoms with Gasteiger partial charge in [-0.05, 0) is 45.4 Å². The summed E-state index contributed by atoms with van der Waals surface area (Å²) >= 11 is 1.58. The highest BCUT2D eigenvalue weighted by Crippen LogP contribution is 2.24. The first-order valence-corrected chi connectivity index (χ1v) is 7.42. The molecule has 0 heterocycles. The number of thioether (sulfide) groups is 1. The van der Waals surface area contributed by atoms with Crippen molar-refractivity contribution in [3.63, 3.8) is 0 Å². The Morgan fingerprint density at radius 3 is 2.63 bits per heavy atom. The maximum absolute atomic E-state index is 11.5.